The lowest BCUT2D eigenvalue weighted by molar-refractivity contribution is -0.122. The third kappa shape index (κ3) is 3.89. The molecule has 1 aliphatic heterocycles. The minimum atomic E-state index is -0.114. The lowest BCUT2D eigenvalue weighted by atomic mass is 10.1. The molecule has 25 heavy (non-hydrogen) atoms. The first-order valence-electron chi connectivity index (χ1n) is 8.51. The van der Waals surface area contributed by atoms with Crippen LogP contribution in [0.2, 0.25) is 0 Å². The second-order valence-electron chi connectivity index (χ2n) is 6.60. The topological polar surface area (TPSA) is 85.0 Å². The van der Waals surface area contributed by atoms with Gasteiger partial charge in [0.15, 0.2) is 5.82 Å². The molecule has 3 rings (SSSR count). The molecule has 3 heterocycles. The minimum absolute atomic E-state index is 0.00456. The first-order valence-corrected chi connectivity index (χ1v) is 8.51. The third-order valence-electron chi connectivity index (χ3n) is 4.48. The van der Waals surface area contributed by atoms with E-state index in [-0.39, 0.29) is 24.1 Å². The summed E-state index contributed by atoms with van der Waals surface area (Å²) in [6.45, 7) is 5.42. The number of amides is 1. The number of rotatable bonds is 4. The van der Waals surface area contributed by atoms with Crippen molar-refractivity contribution < 1.29 is 4.79 Å². The van der Waals surface area contributed by atoms with Crippen LogP contribution in [-0.2, 0) is 18.4 Å². The Balaban J connectivity index is 1.63. The molecule has 1 amide bonds. The van der Waals surface area contributed by atoms with E-state index >= 15 is 0 Å². The molecule has 0 unspecified atom stereocenters. The van der Waals surface area contributed by atoms with Crippen LogP contribution in [0.25, 0.3) is 0 Å². The Hall–Kier alpha value is -2.64. The van der Waals surface area contributed by atoms with Crippen LogP contribution in [0.15, 0.2) is 23.3 Å². The first kappa shape index (κ1) is 17.2. The van der Waals surface area contributed by atoms with Crippen molar-refractivity contribution in [2.75, 3.05) is 18.0 Å². The Labute approximate surface area is 146 Å². The molecule has 2 aromatic rings. The van der Waals surface area contributed by atoms with E-state index in [9.17, 15) is 9.59 Å². The van der Waals surface area contributed by atoms with Crippen molar-refractivity contribution in [1.29, 1.82) is 0 Å². The van der Waals surface area contributed by atoms with E-state index in [1.807, 2.05) is 24.8 Å². The molecule has 8 heteroatoms. The average molecular weight is 344 g/mol. The number of carbonyl (C=O) groups excluding carboxylic acids is 1. The van der Waals surface area contributed by atoms with Gasteiger partial charge in [-0.2, -0.15) is 5.10 Å². The van der Waals surface area contributed by atoms with Crippen LogP contribution in [0, 0.1) is 13.8 Å². The molecule has 0 aromatic carbocycles. The average Bonchev–Trinajstić information content (AvgIpc) is 2.87. The number of hydrogen-bond acceptors (Lipinski definition) is 5. The second-order valence-corrected chi connectivity index (χ2v) is 6.60. The van der Waals surface area contributed by atoms with Gasteiger partial charge in [0.2, 0.25) is 5.91 Å². The van der Waals surface area contributed by atoms with E-state index in [1.165, 1.54) is 4.57 Å². The van der Waals surface area contributed by atoms with Crippen LogP contribution < -0.4 is 15.8 Å². The highest BCUT2D eigenvalue weighted by atomic mass is 16.2. The maximum Gasteiger partial charge on any atom is 0.293 e. The first-order chi connectivity index (χ1) is 11.9. The van der Waals surface area contributed by atoms with Crippen molar-refractivity contribution in [1.82, 2.24) is 24.6 Å². The van der Waals surface area contributed by atoms with Crippen LogP contribution in [-0.4, -0.2) is 44.4 Å². The molecule has 1 N–H and O–H groups in total. The summed E-state index contributed by atoms with van der Waals surface area (Å²) >= 11 is 0. The van der Waals surface area contributed by atoms with E-state index in [4.69, 9.17) is 0 Å². The van der Waals surface area contributed by atoms with Gasteiger partial charge < -0.3 is 14.8 Å². The number of hydrogen-bond donors (Lipinski definition) is 1. The minimum Gasteiger partial charge on any atom is -0.350 e. The van der Waals surface area contributed by atoms with Gasteiger partial charge in [0.05, 0.1) is 5.69 Å². The van der Waals surface area contributed by atoms with Gasteiger partial charge in [-0.15, -0.1) is 0 Å². The molecular weight excluding hydrogens is 320 g/mol. The van der Waals surface area contributed by atoms with Crippen molar-refractivity contribution in [2.24, 2.45) is 7.05 Å². The summed E-state index contributed by atoms with van der Waals surface area (Å²) in [4.78, 5) is 30.8. The molecule has 1 atom stereocenters. The van der Waals surface area contributed by atoms with E-state index in [2.05, 4.69) is 15.4 Å². The molecule has 1 fully saturated rings. The SMILES string of the molecule is Cc1cc(C)n(CC(=O)N[C@@H]2CCCN(c3nccn(C)c3=O)C2)n1. The Morgan fingerprint density at radius 1 is 1.40 bits per heavy atom. The van der Waals surface area contributed by atoms with Crippen LogP contribution in [0.4, 0.5) is 5.82 Å². The zero-order valence-corrected chi connectivity index (χ0v) is 14.9. The van der Waals surface area contributed by atoms with Crippen molar-refractivity contribution in [3.63, 3.8) is 0 Å². The second kappa shape index (κ2) is 7.08. The quantitative estimate of drug-likeness (QED) is 0.867. The lowest BCUT2D eigenvalue weighted by Crippen LogP contribution is -2.50. The Morgan fingerprint density at radius 3 is 2.92 bits per heavy atom. The molecule has 0 radical (unpaired) electrons. The van der Waals surface area contributed by atoms with Gasteiger partial charge in [0.25, 0.3) is 5.56 Å². The number of piperidine rings is 1. The fourth-order valence-electron chi connectivity index (χ4n) is 3.23. The maximum atomic E-state index is 12.3. The van der Waals surface area contributed by atoms with Crippen molar-refractivity contribution >= 4 is 11.7 Å². The van der Waals surface area contributed by atoms with Gasteiger partial charge in [0, 0.05) is 44.3 Å². The zero-order valence-electron chi connectivity index (χ0n) is 14.9. The molecule has 2 aromatic heterocycles. The predicted octanol–water partition coefficient (Wildman–Crippen LogP) is 0.379. The smallest absolute Gasteiger partial charge is 0.293 e. The molecule has 0 aliphatic carbocycles. The van der Waals surface area contributed by atoms with Crippen molar-refractivity contribution in [3.05, 3.63) is 40.2 Å². The van der Waals surface area contributed by atoms with Crippen LogP contribution in [0.5, 0.6) is 0 Å². The Kier molecular flexibility index (Phi) is 4.87. The number of aryl methyl sites for hydroxylation is 3. The third-order valence-corrected chi connectivity index (χ3v) is 4.48. The molecule has 0 bridgehead atoms. The highest BCUT2D eigenvalue weighted by Crippen LogP contribution is 2.14. The number of carbonyl (C=O) groups is 1. The number of anilines is 1. The molecular formula is C17H24N6O2. The van der Waals surface area contributed by atoms with Gasteiger partial charge in [-0.3, -0.25) is 14.3 Å². The predicted molar refractivity (Wildman–Crippen MR) is 94.6 cm³/mol. The number of nitrogens with one attached hydrogen (secondary N) is 1. The molecule has 1 aliphatic rings. The monoisotopic (exact) mass is 344 g/mol. The molecule has 134 valence electrons. The molecule has 0 spiro atoms. The van der Waals surface area contributed by atoms with Gasteiger partial charge in [-0.1, -0.05) is 0 Å². The van der Waals surface area contributed by atoms with Crippen molar-refractivity contribution in [3.8, 4) is 0 Å². The molecule has 8 nitrogen and oxygen atoms in total. The highest BCUT2D eigenvalue weighted by molar-refractivity contribution is 5.76. The highest BCUT2D eigenvalue weighted by Gasteiger charge is 2.24. The summed E-state index contributed by atoms with van der Waals surface area (Å²) in [5, 5.41) is 7.38. The normalized spacial score (nSPS) is 17.6. The number of nitrogens with zero attached hydrogens (tertiary/aromatic N) is 5. The fourth-order valence-corrected chi connectivity index (χ4v) is 3.23. The van der Waals surface area contributed by atoms with E-state index in [1.54, 1.807) is 24.1 Å². The van der Waals surface area contributed by atoms with Crippen LogP contribution in [0.1, 0.15) is 24.2 Å². The summed E-state index contributed by atoms with van der Waals surface area (Å²) in [7, 11) is 1.71. The van der Waals surface area contributed by atoms with Crippen LogP contribution >= 0.6 is 0 Å². The van der Waals surface area contributed by atoms with Crippen LogP contribution in [0.3, 0.4) is 0 Å². The van der Waals surface area contributed by atoms with Crippen molar-refractivity contribution in [2.45, 2.75) is 39.3 Å². The Bertz CT molecular complexity index is 825. The van der Waals surface area contributed by atoms with E-state index in [0.717, 1.165) is 30.8 Å². The maximum absolute atomic E-state index is 12.3. The number of aromatic nitrogens is 4. The summed E-state index contributed by atoms with van der Waals surface area (Å²) in [6.07, 6.45) is 5.07. The van der Waals surface area contributed by atoms with E-state index in [0.29, 0.717) is 12.4 Å². The summed E-state index contributed by atoms with van der Waals surface area (Å²) < 4.78 is 3.23. The molecule has 0 saturated carbocycles. The summed E-state index contributed by atoms with van der Waals surface area (Å²) in [5.41, 5.74) is 1.76. The summed E-state index contributed by atoms with van der Waals surface area (Å²) in [5.74, 6) is 0.384. The van der Waals surface area contributed by atoms with Gasteiger partial charge in [0.1, 0.15) is 6.54 Å². The summed E-state index contributed by atoms with van der Waals surface area (Å²) in [6, 6.07) is 1.96. The van der Waals surface area contributed by atoms with Gasteiger partial charge in [-0.05, 0) is 32.8 Å². The van der Waals surface area contributed by atoms with Gasteiger partial charge >= 0.3 is 0 Å². The lowest BCUT2D eigenvalue weighted by Gasteiger charge is -2.33. The standard InChI is InChI=1S/C17H24N6O2/c1-12-9-13(2)23(20-12)11-15(24)19-14-5-4-7-22(10-14)16-17(25)21(3)8-6-18-16/h6,8-9,14H,4-5,7,10-11H2,1-3H3,(H,19,24)/t14-/m1/s1. The molecule has 1 saturated heterocycles. The van der Waals surface area contributed by atoms with Gasteiger partial charge in [-0.25, -0.2) is 4.98 Å². The Morgan fingerprint density at radius 2 is 2.20 bits per heavy atom. The fraction of sp³-hybridized carbons (Fsp3) is 0.529. The zero-order chi connectivity index (χ0) is 18.0. The largest absolute Gasteiger partial charge is 0.350 e. The van der Waals surface area contributed by atoms with E-state index < -0.39 is 0 Å².